The Balaban J connectivity index is -0.000000000571. The molecule has 14 heteroatoms. The topological polar surface area (TPSA) is 105 Å². The minimum atomic E-state index is -1.32. The number of aromatic nitrogens is 6. The van der Waals surface area contributed by atoms with E-state index in [1.165, 1.54) is 5.69 Å². The Bertz CT molecular complexity index is 2610. The van der Waals surface area contributed by atoms with Crippen LogP contribution in [0.5, 0.6) is 5.75 Å². The molecule has 5 aromatic rings. The molecule has 5 atom stereocenters. The van der Waals surface area contributed by atoms with Crippen LogP contribution in [-0.4, -0.2) is 73.6 Å². The molecule has 3 unspecified atom stereocenters. The number of nitrogens with zero attached hydrogens (tertiary/aromatic N) is 8. The first-order valence-electron chi connectivity index (χ1n) is 20.7. The first-order valence-corrected chi connectivity index (χ1v) is 21.0. The first-order chi connectivity index (χ1) is 28.0. The summed E-state index contributed by atoms with van der Waals surface area (Å²) in [6, 6.07) is 14.6. The van der Waals surface area contributed by atoms with E-state index in [1.807, 2.05) is 32.9 Å². The van der Waals surface area contributed by atoms with Crippen LogP contribution in [0, 0.1) is 40.5 Å². The molecule has 2 aliphatic rings. The number of halogens is 2. The van der Waals surface area contributed by atoms with E-state index in [4.69, 9.17) is 38.8 Å². The first kappa shape index (κ1) is 40.4. The molecular formula is C44H608Cl2N8O4. The molecule has 2 fully saturated rings. The molecular weight excluding hydrogens is 775 g/mol. The Kier molecular flexibility index (Phi) is 11.6. The predicted octanol–water partition coefficient (Wildman–Crippen LogP) is 76.4. The van der Waals surface area contributed by atoms with Crippen molar-refractivity contribution in [2.75, 3.05) is 36.0 Å². The third-order valence-electron chi connectivity index (χ3n) is 12.0. The van der Waals surface area contributed by atoms with Gasteiger partial charge in [0.25, 0.3) is 0 Å². The Morgan fingerprint density at radius 1 is 0.966 bits per heavy atom. The van der Waals surface area contributed by atoms with E-state index < -0.39 is 11.9 Å². The molecule has 862 valence electrons. The van der Waals surface area contributed by atoms with Gasteiger partial charge in [-0.25, -0.2) is 23.7 Å². The summed E-state index contributed by atoms with van der Waals surface area (Å²) in [5, 5.41) is 9.75. The molecule has 0 aliphatic carbocycles. The Hall–Kier alpha value is -4.36. The SMILES string of the molecule is [2H]c1nc(C)n(C[C@@]2(c3c(Cl)cc(Cl)c(C)c3C)OC(C)[C@@H](COc3ccc(N4CCN(c5ccc(-n6cnn(C(CC)C(C)C)c6=O)cc5C)CC4C)cc3C)O2)n1.[HH].[HH].[HH].[HH].[HH].[HH].[HH].[HH].[HH].[HH].[HH].[HH].[HH].[HH].[HH].[HH].[HH].[HH].[HH].[HH].[HH].[HH].[HH].[HH].[HH].[HH].[HH].[HH].[HH].[HH].[HH].[HH].[HH].[HH].[HH].[HH].[HH].[HH].[HH].[HH].[HH].[HH].[HH].[HH].[HH].[HH].[HH].[HH].[HH].[HH].[HH].[HH].[HH].[HH].[HH].[HH].[HH].[HH].[HH].[HH].[HH].[HH].[HH].[HH].[HH].[HH].[HH].[HH].[HH].[HH].[HH].[HH].[HH].[HH].[HH].[HH].[HH].[HH].[HH].[HH].[HH].[HH].[HH].[HH].[HH].[HH].[HH].[HH].[HH].[HH].[HH].[HH].[HH].[HH].[HH].[HH].[HH].[HH].[HH].[HH].[HH].[HH].[HH].[HH].[HH].[HH].[HH].[HH].[HH].[HH].[HH].[HH].[HH].[HH].[HH].[HH].[HH].[HH].[HH].[HH].[HH].[HH].[HH].[HH].[HH].[HH].[HH].[HH].[HH].[HH].[HH].[HH].[HH].[HH].[HH].[HH].[HH].[HH].[HH].[HH].[HH].[HH].[HH].[HH].[HH].[HH].[HH].[HH].[HH].[HH].[HH].[HH].[HH].[HH].[HH].[HH].[HH].[HH].[HH].[HH].[HH].[HH].[HH].[HH].[HH].[HH].[HH].[HH].[HH].[HH].[HH].[HH].[HH].[HH].[HH].[HH].[HH].[HH].[HH].[HH].[HH].[HH].[HH].[HH].[HH].[HH].[HH].[HH].[HH].[HH].[HH].[HH].[HH].[HH].[HH].[HH].[HH].[HH].[HH].[HH].[HH].[HH].[HH].[HH].[HH].[HH].[HH].[HH].[HH].[HH].[HH].[HH].[HH].[HH].[HH].[HH].[HH].[HH].[HH].[HH].[HH].[HH].[HH].[HH].[HH].[HH].[HH].[HH].[HH].[HH].[HH].[HH].[HH].[HH].[HH].[HH].[HH].[HH].[HH].[HH].[HH].[HH].[HH].[HH].[HH].[HH].[HH].[HH].[HH].[HH].[HH].[HH].[HH].[HH].[HH].[HH].[HH].[HH].[HH].[HH].[HH].[HH].[HH].[HH].[HH].[HH].[HH].[HH].[HH].[HH].[HH].[HH].[HH].[HH].[HH].[HH]. The van der Waals surface area contributed by atoms with E-state index in [-0.39, 0.29) is 437 Å². The number of aryl methyl sites for hydroxylation is 3. The number of anilines is 2. The normalized spacial score (nSPS) is 21.9. The number of ether oxygens (including phenoxy) is 3. The third kappa shape index (κ3) is 7.88. The van der Waals surface area contributed by atoms with E-state index >= 15 is 0 Å². The Morgan fingerprint density at radius 2 is 1.71 bits per heavy atom. The van der Waals surface area contributed by atoms with E-state index in [1.54, 1.807) is 33.2 Å². The smallest absolute Gasteiger partial charge is 0.350 e. The predicted molar refractivity (Wildman–Crippen MR) is 814 cm³/mol. The molecule has 4 heterocycles. The summed E-state index contributed by atoms with van der Waals surface area (Å²) < 4.78 is 32.9. The standard InChI is InChI=1S/C44H56Cl2N8O4.276H2/c1-11-38(26(2)3)54-43(55)52(25-49-54)35-12-14-39(27(4)18-35)50-16-17-51(29(6)21-50)34-13-15-40(28(5)19-34)56-22-41-32(9)57-44(58-41,23-53-33(10)47-24-48-53)42-31(8)30(7)36(45)20-37(42)46;;;;;;;;;;;;;;;;;;;;;;;;;;;;;;;;;;;;;;;;;;;;;;;;;;;;;;;;;;;;;;;;;;;;;;;;;;;;;;;;;;;;;;;;;;;;;;;;;;;;;;;;;;;;;;;;;;;;;;;;;;;;;;;;;;;;;;;;;;;;;;;;;;;;;;;;;;;;;;;;;;;;;;;;;;;;;;;;;;;;;;;;;;;;;;;;;;;;;;;;;;;;;;;;;;;;;;;;;;;;;;;;;;;;;;;;;;;;;;;;;;;;;;;;;;;;;;;;;;;;;;;;;;;;;;;;;;;;/h12-15,18-20,24-26,29,32,38,41H,11,16-17,21-23H2,1-10H3;276*1H/t29?,32?,38?,41-,44-;;;;;;;;;;;;;;;;;;;;;;;;;;;;;;;;;;;;;;;;;;;;;;;;;;;;;;;;;;;;;;;;;;;;;;;;;;;;;;;;;;;;;;;;;;;;;;;;;;;;;;;;;;;;;;;;;;;;;;;;;;;;;;;;;;;;;;;;;;;;;;;;;;;;;;;;;;;;;;;;;;;;;;;;;;;;;;;;;;;;;;;;;;;;;;;;;;;;;;;;;;;;;;;;;;;;;;;;;;;;;;;;;;;;;;;;;;;;;;;;;;;;;;;;;;;;;;;;;;;;;;;;;;;;;;;;;;;;/m1..................................................................................................................................................................................................................................................................................../s1/i24D;;;;;;;;;;;;;;;;;;;;;;;;;;;;;;;;;;;;;;;;;;;;;;;;;;;;;;;;;;;;;;;;;;;;;;;;;;;;;;;;;;;;;;;;;;;;;;;;;;;;;;;;;;;;;;;;;;;;;;;;;;;;;;;;;;;;;;;;;;;;;;;;;;;;;;;;;;;;;;;;;;;;;;;;;;;;;;;;;;;;;;;;;;;;;;;;;;;;;;;;;;;;;;;;;;;;;;;;;;;;;;;;;;;;;;;;;;;;;;;;;;;;;;;;;;;;;;;;;;;;;;;;;;;;;;;;;;;;. The van der Waals surface area contributed by atoms with Crippen LogP contribution in [0.25, 0.3) is 5.69 Å². The van der Waals surface area contributed by atoms with Gasteiger partial charge in [-0.15, -0.1) is 0 Å². The number of hydrogen-bond donors (Lipinski definition) is 0. The van der Waals surface area contributed by atoms with Gasteiger partial charge in [0.05, 0.1) is 22.9 Å². The minimum absolute atomic E-state index is 0. The minimum Gasteiger partial charge on any atom is -0.490 e. The van der Waals surface area contributed by atoms with Crippen LogP contribution in [0.15, 0.2) is 59.9 Å². The van der Waals surface area contributed by atoms with Crippen molar-refractivity contribution in [3.05, 3.63) is 109 Å². The molecule has 12 nitrogen and oxygen atoms in total. The summed E-state index contributed by atoms with van der Waals surface area (Å²) in [6.07, 6.45) is 1.61. The molecule has 0 bridgehead atoms. The van der Waals surface area contributed by atoms with Gasteiger partial charge in [0.1, 0.15) is 44.8 Å². The highest BCUT2D eigenvalue weighted by Crippen LogP contribution is 2.46. The molecule has 2 aromatic heterocycles. The van der Waals surface area contributed by atoms with Gasteiger partial charge >= 0.3 is 5.69 Å². The van der Waals surface area contributed by atoms with Gasteiger partial charge in [-0.3, -0.25) is 0 Å². The summed E-state index contributed by atoms with van der Waals surface area (Å²) >= 11 is 13.4. The summed E-state index contributed by atoms with van der Waals surface area (Å²) in [6.45, 7) is 23.4. The lowest BCUT2D eigenvalue weighted by atomic mass is 9.96. The largest absolute Gasteiger partial charge is 0.490 e. The molecule has 2 aliphatic heterocycles. The zero-order chi connectivity index (χ0) is 42.5. The maximum atomic E-state index is 13.3. The lowest BCUT2D eigenvalue weighted by molar-refractivity contribution is -0.197. The average Bonchev–Trinajstić information content (AvgIpc) is 3.82. The highest BCUT2D eigenvalue weighted by Gasteiger charge is 2.50. The molecule has 58 heavy (non-hydrogen) atoms. The fourth-order valence-electron chi connectivity index (χ4n) is 8.61. The lowest BCUT2D eigenvalue weighted by Crippen LogP contribution is -2.52. The second-order valence-corrected chi connectivity index (χ2v) is 17.1. The monoisotopic (exact) mass is 1390 g/mol. The van der Waals surface area contributed by atoms with E-state index in [0.29, 0.717) is 27.4 Å². The van der Waals surface area contributed by atoms with Gasteiger partial charge < -0.3 is 24.0 Å². The average molecular weight is 1390 g/mol. The zero-order valence-corrected chi connectivity index (χ0v) is 36.7. The highest BCUT2D eigenvalue weighted by molar-refractivity contribution is 6.35. The van der Waals surface area contributed by atoms with Crippen LogP contribution in [-0.2, 0) is 21.8 Å². The zero-order valence-electron chi connectivity index (χ0n) is 36.2. The van der Waals surface area contributed by atoms with Crippen molar-refractivity contribution in [2.24, 2.45) is 5.92 Å². The van der Waals surface area contributed by atoms with Gasteiger partial charge in [0.15, 0.2) is 0 Å². The highest BCUT2D eigenvalue weighted by atomic mass is 35.5. The lowest BCUT2D eigenvalue weighted by Gasteiger charge is -2.43. The van der Waals surface area contributed by atoms with Crippen molar-refractivity contribution in [3.8, 4) is 11.4 Å². The fraction of sp³-hybridized carbons (Fsp3) is 0.500. The summed E-state index contributed by atoms with van der Waals surface area (Å²) in [4.78, 5) is 22.4. The van der Waals surface area contributed by atoms with Crippen molar-refractivity contribution < 1.29 is 409 Å². The van der Waals surface area contributed by atoms with Gasteiger partial charge in [-0.1, -0.05) is 44.0 Å². The van der Waals surface area contributed by atoms with Gasteiger partial charge in [-0.05, 0) is 126 Å². The van der Waals surface area contributed by atoms with E-state index in [0.717, 1.165) is 65.4 Å². The number of benzene rings is 3. The van der Waals surface area contributed by atoms with Crippen LogP contribution in [0.2, 0.25) is 10.0 Å². The number of piperazine rings is 1. The van der Waals surface area contributed by atoms with Gasteiger partial charge in [0, 0.05) is 441 Å². The second kappa shape index (κ2) is 16.7. The van der Waals surface area contributed by atoms with Crippen molar-refractivity contribution in [1.29, 1.82) is 0 Å². The summed E-state index contributed by atoms with van der Waals surface area (Å²) in [7, 11) is 0. The molecule has 0 radical (unpaired) electrons. The molecule has 0 spiro atoms. The van der Waals surface area contributed by atoms with Crippen LogP contribution < -0.4 is 20.2 Å². The van der Waals surface area contributed by atoms with Crippen LogP contribution in [0.4, 0.5) is 11.4 Å². The molecule has 2 saturated heterocycles. The van der Waals surface area contributed by atoms with Crippen molar-refractivity contribution in [2.45, 2.75) is 112 Å². The molecule has 0 amide bonds. The third-order valence-corrected chi connectivity index (χ3v) is 12.7. The van der Waals surface area contributed by atoms with Gasteiger partial charge in [-0.2, -0.15) is 10.2 Å². The summed E-state index contributed by atoms with van der Waals surface area (Å²) in [5.74, 6) is 0.334. The van der Waals surface area contributed by atoms with Crippen molar-refractivity contribution in [3.63, 3.8) is 0 Å². The summed E-state index contributed by atoms with van der Waals surface area (Å²) in [5.41, 5.74) is 7.59. The maximum Gasteiger partial charge on any atom is 0.350 e. The molecule has 3 aromatic carbocycles. The molecule has 0 saturated carbocycles. The van der Waals surface area contributed by atoms with Crippen molar-refractivity contribution in [1.82, 2.24) is 29.1 Å². The fourth-order valence-corrected chi connectivity index (χ4v) is 9.32. The van der Waals surface area contributed by atoms with Crippen LogP contribution in [0.3, 0.4) is 0 Å². The van der Waals surface area contributed by atoms with Gasteiger partial charge in [0.2, 0.25) is 5.79 Å². The van der Waals surface area contributed by atoms with Crippen LogP contribution in [0.1, 0.15) is 476 Å². The van der Waals surface area contributed by atoms with Crippen LogP contribution >= 0.6 is 23.2 Å². The second-order valence-electron chi connectivity index (χ2n) is 16.3. The maximum absolute atomic E-state index is 13.3. The number of hydrogen-bond acceptors (Lipinski definition) is 9. The quantitative estimate of drug-likeness (QED) is 0.121. The Morgan fingerprint density at radius 3 is 2.36 bits per heavy atom. The number of rotatable bonds is 12. The van der Waals surface area contributed by atoms with Crippen molar-refractivity contribution >= 4 is 34.6 Å². The molecule has 0 N–H and O–H groups in total. The molecule has 7 rings (SSSR count). The Labute approximate surface area is 762 Å². The van der Waals surface area contributed by atoms with E-state index in [9.17, 15) is 4.79 Å². The van der Waals surface area contributed by atoms with E-state index in [2.05, 4.69) is 90.8 Å².